The summed E-state index contributed by atoms with van der Waals surface area (Å²) in [5.74, 6) is 2.70. The molecule has 1 aromatic heterocycles. The van der Waals surface area contributed by atoms with Gasteiger partial charge in [-0.25, -0.2) is 0 Å². The molecular weight excluding hydrogens is 174 g/mol. The minimum absolute atomic E-state index is 0.236. The van der Waals surface area contributed by atoms with E-state index in [0.717, 1.165) is 12.0 Å². The van der Waals surface area contributed by atoms with Gasteiger partial charge in [0, 0.05) is 31.7 Å². The Kier molecular flexibility index (Phi) is 4.43. The van der Waals surface area contributed by atoms with Crippen LogP contribution in [-0.4, -0.2) is 10.8 Å². The molecule has 1 heterocycles. The van der Waals surface area contributed by atoms with Crippen molar-refractivity contribution in [2.45, 2.75) is 25.7 Å². The van der Waals surface area contributed by atoms with E-state index in [0.29, 0.717) is 19.3 Å². The quantitative estimate of drug-likeness (QED) is 0.660. The molecular formula is C12H13NO. The fourth-order valence-corrected chi connectivity index (χ4v) is 1.17. The molecule has 0 amide bonds. The first-order valence-corrected chi connectivity index (χ1v) is 4.67. The van der Waals surface area contributed by atoms with Crippen molar-refractivity contribution in [3.63, 3.8) is 0 Å². The second-order valence-electron chi connectivity index (χ2n) is 3.10. The van der Waals surface area contributed by atoms with Crippen molar-refractivity contribution in [3.8, 4) is 12.3 Å². The molecule has 0 saturated carbocycles. The number of rotatable bonds is 5. The van der Waals surface area contributed by atoms with E-state index in [4.69, 9.17) is 6.42 Å². The van der Waals surface area contributed by atoms with Crippen LogP contribution in [0.2, 0.25) is 0 Å². The molecule has 2 nitrogen and oxygen atoms in total. The predicted molar refractivity (Wildman–Crippen MR) is 55.6 cm³/mol. The van der Waals surface area contributed by atoms with Gasteiger partial charge in [-0.1, -0.05) is 0 Å². The standard InChI is InChI=1S/C12H13NO/c1-2-3-4-12(14)6-5-11-7-9-13-10-8-11/h1,7-10H,3-6H2. The summed E-state index contributed by atoms with van der Waals surface area (Å²) in [7, 11) is 0. The molecule has 0 aromatic carbocycles. The van der Waals surface area contributed by atoms with Crippen molar-refractivity contribution < 1.29 is 4.79 Å². The molecule has 0 N–H and O–H groups in total. The minimum atomic E-state index is 0.236. The van der Waals surface area contributed by atoms with E-state index in [-0.39, 0.29) is 5.78 Å². The van der Waals surface area contributed by atoms with Gasteiger partial charge >= 0.3 is 0 Å². The molecule has 0 saturated heterocycles. The van der Waals surface area contributed by atoms with E-state index in [1.54, 1.807) is 12.4 Å². The highest BCUT2D eigenvalue weighted by molar-refractivity contribution is 5.78. The highest BCUT2D eigenvalue weighted by atomic mass is 16.1. The van der Waals surface area contributed by atoms with Crippen LogP contribution >= 0.6 is 0 Å². The number of nitrogens with zero attached hydrogens (tertiary/aromatic N) is 1. The predicted octanol–water partition coefficient (Wildman–Crippen LogP) is 2.00. The van der Waals surface area contributed by atoms with Crippen molar-refractivity contribution in [1.29, 1.82) is 0 Å². The maximum absolute atomic E-state index is 11.3. The number of aryl methyl sites for hydroxylation is 1. The van der Waals surface area contributed by atoms with E-state index in [9.17, 15) is 4.79 Å². The Bertz CT molecular complexity index is 324. The maximum atomic E-state index is 11.3. The van der Waals surface area contributed by atoms with Gasteiger partial charge in [-0.05, 0) is 24.1 Å². The molecule has 0 atom stereocenters. The second-order valence-corrected chi connectivity index (χ2v) is 3.10. The van der Waals surface area contributed by atoms with Crippen LogP contribution in [0.5, 0.6) is 0 Å². The minimum Gasteiger partial charge on any atom is -0.300 e. The second kappa shape index (κ2) is 5.93. The number of aromatic nitrogens is 1. The molecule has 1 aromatic rings. The number of carbonyl (C=O) groups excluding carboxylic acids is 1. The number of Topliss-reactive ketones (excluding diaryl/α,β-unsaturated/α-hetero) is 1. The molecule has 0 radical (unpaired) electrons. The Hall–Kier alpha value is -1.62. The summed E-state index contributed by atoms with van der Waals surface area (Å²) >= 11 is 0. The highest BCUT2D eigenvalue weighted by Gasteiger charge is 2.01. The lowest BCUT2D eigenvalue weighted by Gasteiger charge is -1.98. The van der Waals surface area contributed by atoms with Gasteiger partial charge in [-0.15, -0.1) is 12.3 Å². The molecule has 1 rings (SSSR count). The van der Waals surface area contributed by atoms with Gasteiger partial charge in [0.1, 0.15) is 5.78 Å². The van der Waals surface area contributed by atoms with Gasteiger partial charge in [0.15, 0.2) is 0 Å². The van der Waals surface area contributed by atoms with Gasteiger partial charge in [0.05, 0.1) is 0 Å². The normalized spacial score (nSPS) is 9.36. The molecule has 0 fully saturated rings. The number of terminal acetylenes is 1. The van der Waals surface area contributed by atoms with Crippen molar-refractivity contribution >= 4 is 5.78 Å². The molecule has 0 unspecified atom stereocenters. The molecule has 2 heteroatoms. The van der Waals surface area contributed by atoms with E-state index in [2.05, 4.69) is 10.9 Å². The lowest BCUT2D eigenvalue weighted by molar-refractivity contribution is -0.118. The Morgan fingerprint density at radius 3 is 2.71 bits per heavy atom. The number of pyridine rings is 1. The third kappa shape index (κ3) is 3.86. The van der Waals surface area contributed by atoms with Crippen LogP contribution in [0.1, 0.15) is 24.8 Å². The summed E-state index contributed by atoms with van der Waals surface area (Å²) < 4.78 is 0. The number of hydrogen-bond donors (Lipinski definition) is 0. The van der Waals surface area contributed by atoms with Crippen LogP contribution in [0.4, 0.5) is 0 Å². The average Bonchev–Trinajstić information content (AvgIpc) is 2.25. The smallest absolute Gasteiger partial charge is 0.134 e. The monoisotopic (exact) mass is 187 g/mol. The third-order valence-corrected chi connectivity index (χ3v) is 1.99. The van der Waals surface area contributed by atoms with Gasteiger partial charge in [0.2, 0.25) is 0 Å². The van der Waals surface area contributed by atoms with Crippen LogP contribution in [-0.2, 0) is 11.2 Å². The summed E-state index contributed by atoms with van der Waals surface area (Å²) in [6.07, 6.45) is 11.0. The van der Waals surface area contributed by atoms with Crippen LogP contribution < -0.4 is 0 Å². The van der Waals surface area contributed by atoms with Gasteiger partial charge in [0.25, 0.3) is 0 Å². The molecule has 0 aliphatic carbocycles. The van der Waals surface area contributed by atoms with Crippen LogP contribution in [0.3, 0.4) is 0 Å². The first kappa shape index (κ1) is 10.5. The Morgan fingerprint density at radius 1 is 1.36 bits per heavy atom. The van der Waals surface area contributed by atoms with Crippen LogP contribution in [0, 0.1) is 12.3 Å². The zero-order valence-electron chi connectivity index (χ0n) is 8.07. The number of carbonyl (C=O) groups is 1. The van der Waals surface area contributed by atoms with Crippen molar-refractivity contribution in [3.05, 3.63) is 30.1 Å². The van der Waals surface area contributed by atoms with Crippen molar-refractivity contribution in [1.82, 2.24) is 4.98 Å². The summed E-state index contributed by atoms with van der Waals surface area (Å²) in [6, 6.07) is 3.85. The molecule has 14 heavy (non-hydrogen) atoms. The van der Waals surface area contributed by atoms with E-state index < -0.39 is 0 Å². The zero-order chi connectivity index (χ0) is 10.2. The molecule has 0 bridgehead atoms. The highest BCUT2D eigenvalue weighted by Crippen LogP contribution is 2.03. The fourth-order valence-electron chi connectivity index (χ4n) is 1.17. The van der Waals surface area contributed by atoms with E-state index in [1.165, 1.54) is 0 Å². The summed E-state index contributed by atoms with van der Waals surface area (Å²) in [4.78, 5) is 15.2. The Morgan fingerprint density at radius 2 is 2.07 bits per heavy atom. The van der Waals surface area contributed by atoms with Crippen LogP contribution in [0.25, 0.3) is 0 Å². The first-order chi connectivity index (χ1) is 6.83. The topological polar surface area (TPSA) is 30.0 Å². The maximum Gasteiger partial charge on any atom is 0.134 e. The number of ketones is 1. The average molecular weight is 187 g/mol. The lowest BCUT2D eigenvalue weighted by atomic mass is 10.1. The van der Waals surface area contributed by atoms with Gasteiger partial charge < -0.3 is 0 Å². The zero-order valence-corrected chi connectivity index (χ0v) is 8.07. The largest absolute Gasteiger partial charge is 0.300 e. The van der Waals surface area contributed by atoms with Crippen LogP contribution in [0.15, 0.2) is 24.5 Å². The first-order valence-electron chi connectivity index (χ1n) is 4.67. The van der Waals surface area contributed by atoms with E-state index >= 15 is 0 Å². The lowest BCUT2D eigenvalue weighted by Crippen LogP contribution is -1.99. The van der Waals surface area contributed by atoms with Gasteiger partial charge in [-0.2, -0.15) is 0 Å². The Balaban J connectivity index is 2.28. The van der Waals surface area contributed by atoms with E-state index in [1.807, 2.05) is 12.1 Å². The molecule has 0 aliphatic heterocycles. The summed E-state index contributed by atoms with van der Waals surface area (Å²) in [5.41, 5.74) is 1.15. The number of hydrogen-bond acceptors (Lipinski definition) is 2. The Labute approximate surface area is 84.4 Å². The third-order valence-electron chi connectivity index (χ3n) is 1.99. The SMILES string of the molecule is C#CCCC(=O)CCc1ccncc1. The fraction of sp³-hybridized carbons (Fsp3) is 0.333. The summed E-state index contributed by atoms with van der Waals surface area (Å²) in [6.45, 7) is 0. The molecule has 0 spiro atoms. The molecule has 72 valence electrons. The van der Waals surface area contributed by atoms with Crippen molar-refractivity contribution in [2.24, 2.45) is 0 Å². The van der Waals surface area contributed by atoms with Gasteiger partial charge in [-0.3, -0.25) is 9.78 Å². The molecule has 0 aliphatic rings. The van der Waals surface area contributed by atoms with Crippen molar-refractivity contribution in [2.75, 3.05) is 0 Å². The summed E-state index contributed by atoms with van der Waals surface area (Å²) in [5, 5.41) is 0.